The summed E-state index contributed by atoms with van der Waals surface area (Å²) in [6, 6.07) is 9.91. The Balaban J connectivity index is 1.68. The van der Waals surface area contributed by atoms with Gasteiger partial charge in [0.15, 0.2) is 5.76 Å². The van der Waals surface area contributed by atoms with Crippen molar-refractivity contribution in [3.63, 3.8) is 0 Å². The Labute approximate surface area is 112 Å². The van der Waals surface area contributed by atoms with E-state index in [1.54, 1.807) is 24.5 Å². The maximum atomic E-state index is 13.0. The molecule has 3 aromatic rings. The summed E-state index contributed by atoms with van der Waals surface area (Å²) in [4.78, 5) is 0. The van der Waals surface area contributed by atoms with Gasteiger partial charge in [0.1, 0.15) is 5.82 Å². The van der Waals surface area contributed by atoms with Crippen LogP contribution in [0.25, 0.3) is 11.7 Å². The first-order valence-corrected chi connectivity index (χ1v) is 6.54. The molecule has 0 amide bonds. The maximum absolute atomic E-state index is 13.0. The van der Waals surface area contributed by atoms with Crippen molar-refractivity contribution >= 4 is 11.8 Å². The monoisotopic (exact) mass is 276 g/mol. The van der Waals surface area contributed by atoms with Crippen LogP contribution in [0.4, 0.5) is 4.39 Å². The highest BCUT2D eigenvalue weighted by Gasteiger charge is 2.11. The first-order valence-electron chi connectivity index (χ1n) is 5.56. The molecule has 96 valence electrons. The second-order valence-corrected chi connectivity index (χ2v) is 4.70. The van der Waals surface area contributed by atoms with Gasteiger partial charge in [-0.25, -0.2) is 4.39 Å². The summed E-state index contributed by atoms with van der Waals surface area (Å²) in [7, 11) is 0. The van der Waals surface area contributed by atoms with Crippen LogP contribution in [0.15, 0.2) is 56.7 Å². The SMILES string of the molecule is Fc1cccc(CSc2nnc(-c3ccco3)o2)c1. The van der Waals surface area contributed by atoms with Crippen molar-refractivity contribution < 1.29 is 13.2 Å². The highest BCUT2D eigenvalue weighted by atomic mass is 32.2. The van der Waals surface area contributed by atoms with Crippen molar-refractivity contribution in [2.75, 3.05) is 0 Å². The summed E-state index contributed by atoms with van der Waals surface area (Å²) in [6.07, 6.45) is 1.54. The summed E-state index contributed by atoms with van der Waals surface area (Å²) in [5.74, 6) is 1.19. The molecule has 0 aliphatic rings. The van der Waals surface area contributed by atoms with Gasteiger partial charge in [-0.2, -0.15) is 0 Å². The Bertz CT molecular complexity index is 667. The summed E-state index contributed by atoms with van der Waals surface area (Å²) in [6.45, 7) is 0. The van der Waals surface area contributed by atoms with E-state index in [2.05, 4.69) is 10.2 Å². The third-order valence-electron chi connectivity index (χ3n) is 2.39. The maximum Gasteiger partial charge on any atom is 0.284 e. The van der Waals surface area contributed by atoms with E-state index in [1.807, 2.05) is 6.07 Å². The third kappa shape index (κ3) is 2.85. The Morgan fingerprint density at radius 3 is 2.89 bits per heavy atom. The van der Waals surface area contributed by atoms with Crippen LogP contribution in [0, 0.1) is 5.82 Å². The fourth-order valence-corrected chi connectivity index (χ4v) is 2.25. The zero-order valence-corrected chi connectivity index (χ0v) is 10.6. The van der Waals surface area contributed by atoms with Crippen LogP contribution in [-0.4, -0.2) is 10.2 Å². The Morgan fingerprint density at radius 1 is 1.16 bits per heavy atom. The number of nitrogens with zero attached hydrogens (tertiary/aromatic N) is 2. The zero-order chi connectivity index (χ0) is 13.1. The van der Waals surface area contributed by atoms with Gasteiger partial charge in [0.25, 0.3) is 11.1 Å². The first kappa shape index (κ1) is 12.0. The minimum atomic E-state index is -0.250. The van der Waals surface area contributed by atoms with Gasteiger partial charge < -0.3 is 8.83 Å². The first-order chi connectivity index (χ1) is 9.31. The number of aromatic nitrogens is 2. The second kappa shape index (κ2) is 5.27. The van der Waals surface area contributed by atoms with Crippen LogP contribution >= 0.6 is 11.8 Å². The summed E-state index contributed by atoms with van der Waals surface area (Å²) < 4.78 is 23.6. The molecule has 2 heterocycles. The number of benzene rings is 1. The number of hydrogen-bond donors (Lipinski definition) is 0. The molecule has 0 radical (unpaired) electrons. The summed E-state index contributed by atoms with van der Waals surface area (Å²) in [5.41, 5.74) is 0.864. The van der Waals surface area contributed by atoms with Crippen LogP contribution < -0.4 is 0 Å². The molecule has 0 saturated carbocycles. The molecule has 0 bridgehead atoms. The average molecular weight is 276 g/mol. The van der Waals surface area contributed by atoms with Gasteiger partial charge in [-0.15, -0.1) is 10.2 Å². The highest BCUT2D eigenvalue weighted by molar-refractivity contribution is 7.98. The van der Waals surface area contributed by atoms with E-state index < -0.39 is 0 Å². The fourth-order valence-electron chi connectivity index (χ4n) is 1.54. The van der Waals surface area contributed by atoms with E-state index in [1.165, 1.54) is 23.9 Å². The average Bonchev–Trinajstić information content (AvgIpc) is 3.07. The van der Waals surface area contributed by atoms with Crippen LogP contribution in [0.2, 0.25) is 0 Å². The second-order valence-electron chi connectivity index (χ2n) is 3.77. The molecule has 0 unspecified atom stereocenters. The standard InChI is InChI=1S/C13H9FN2O2S/c14-10-4-1-3-9(7-10)8-19-13-16-15-12(18-13)11-5-2-6-17-11/h1-7H,8H2. The molecule has 2 aromatic heterocycles. The van der Waals surface area contributed by atoms with Crippen LogP contribution in [0.3, 0.4) is 0 Å². The quantitative estimate of drug-likeness (QED) is 0.679. The van der Waals surface area contributed by atoms with Crippen molar-refractivity contribution in [1.29, 1.82) is 0 Å². The molecule has 0 spiro atoms. The molecule has 6 heteroatoms. The Kier molecular flexibility index (Phi) is 3.33. The smallest absolute Gasteiger partial charge is 0.284 e. The fraction of sp³-hybridized carbons (Fsp3) is 0.0769. The van der Waals surface area contributed by atoms with Crippen molar-refractivity contribution in [3.05, 3.63) is 54.0 Å². The summed E-state index contributed by atoms with van der Waals surface area (Å²) in [5, 5.41) is 8.21. The molecule has 0 N–H and O–H groups in total. The Morgan fingerprint density at radius 2 is 2.11 bits per heavy atom. The van der Waals surface area contributed by atoms with Gasteiger partial charge in [-0.05, 0) is 29.8 Å². The number of halogens is 1. The van der Waals surface area contributed by atoms with Crippen LogP contribution in [0.5, 0.6) is 0 Å². The number of hydrogen-bond acceptors (Lipinski definition) is 5. The van der Waals surface area contributed by atoms with Crippen molar-refractivity contribution in [2.24, 2.45) is 0 Å². The van der Waals surface area contributed by atoms with Gasteiger partial charge in [-0.1, -0.05) is 23.9 Å². The third-order valence-corrected chi connectivity index (χ3v) is 3.28. The van der Waals surface area contributed by atoms with Gasteiger partial charge >= 0.3 is 0 Å². The van der Waals surface area contributed by atoms with Crippen molar-refractivity contribution in [2.45, 2.75) is 11.0 Å². The lowest BCUT2D eigenvalue weighted by Crippen LogP contribution is -1.82. The highest BCUT2D eigenvalue weighted by Crippen LogP contribution is 2.25. The van der Waals surface area contributed by atoms with Crippen molar-refractivity contribution in [3.8, 4) is 11.7 Å². The molecule has 0 fully saturated rings. The zero-order valence-electron chi connectivity index (χ0n) is 9.75. The van der Waals surface area contributed by atoms with E-state index in [9.17, 15) is 4.39 Å². The normalized spacial score (nSPS) is 10.8. The Hall–Kier alpha value is -2.08. The van der Waals surface area contributed by atoms with E-state index in [4.69, 9.17) is 8.83 Å². The van der Waals surface area contributed by atoms with Gasteiger partial charge in [-0.3, -0.25) is 0 Å². The molecule has 3 rings (SSSR count). The molecule has 1 aromatic carbocycles. The minimum absolute atomic E-state index is 0.250. The van der Waals surface area contributed by atoms with Crippen molar-refractivity contribution in [1.82, 2.24) is 10.2 Å². The van der Waals surface area contributed by atoms with Crippen LogP contribution in [0.1, 0.15) is 5.56 Å². The molecular weight excluding hydrogens is 267 g/mol. The van der Waals surface area contributed by atoms with Gasteiger partial charge in [0, 0.05) is 5.75 Å². The lowest BCUT2D eigenvalue weighted by Gasteiger charge is -1.97. The minimum Gasteiger partial charge on any atom is -0.459 e. The van der Waals surface area contributed by atoms with Gasteiger partial charge in [0.05, 0.1) is 6.26 Å². The van der Waals surface area contributed by atoms with E-state index in [0.29, 0.717) is 22.6 Å². The molecular formula is C13H9FN2O2S. The lowest BCUT2D eigenvalue weighted by molar-refractivity contribution is 0.447. The molecule has 19 heavy (non-hydrogen) atoms. The molecule has 0 atom stereocenters. The van der Waals surface area contributed by atoms with E-state index in [0.717, 1.165) is 5.56 Å². The topological polar surface area (TPSA) is 52.1 Å². The van der Waals surface area contributed by atoms with E-state index >= 15 is 0 Å². The predicted octanol–water partition coefficient (Wildman–Crippen LogP) is 3.76. The largest absolute Gasteiger partial charge is 0.459 e. The van der Waals surface area contributed by atoms with Gasteiger partial charge in [0.2, 0.25) is 0 Å². The molecule has 4 nitrogen and oxygen atoms in total. The van der Waals surface area contributed by atoms with E-state index in [-0.39, 0.29) is 5.82 Å². The molecule has 0 aliphatic carbocycles. The molecule has 0 saturated heterocycles. The summed E-state index contributed by atoms with van der Waals surface area (Å²) >= 11 is 1.35. The number of furan rings is 1. The predicted molar refractivity (Wildman–Crippen MR) is 68.0 cm³/mol. The number of thioether (sulfide) groups is 1. The molecule has 0 aliphatic heterocycles. The number of rotatable bonds is 4. The lowest BCUT2D eigenvalue weighted by atomic mass is 10.2. The van der Waals surface area contributed by atoms with Crippen LogP contribution in [-0.2, 0) is 5.75 Å².